The molecule has 0 amide bonds. The largest absolute Gasteiger partial charge is 0.481 e. The van der Waals surface area contributed by atoms with Gasteiger partial charge in [-0.05, 0) is 26.2 Å². The lowest BCUT2D eigenvalue weighted by atomic mass is 9.72. The Morgan fingerprint density at radius 2 is 1.92 bits per heavy atom. The van der Waals surface area contributed by atoms with Crippen molar-refractivity contribution >= 4 is 5.97 Å². The third-order valence-electron chi connectivity index (χ3n) is 2.99. The minimum absolute atomic E-state index is 0.218. The average Bonchev–Trinajstić information content (AvgIpc) is 2.02. The average molecular weight is 188 g/mol. The minimum atomic E-state index is -0.817. The van der Waals surface area contributed by atoms with E-state index >= 15 is 0 Å². The molecule has 3 nitrogen and oxygen atoms in total. The lowest BCUT2D eigenvalue weighted by Crippen LogP contribution is -2.39. The van der Waals surface area contributed by atoms with Gasteiger partial charge in [-0.3, -0.25) is 4.79 Å². The van der Waals surface area contributed by atoms with E-state index in [1.807, 2.05) is 6.92 Å². The zero-order chi connectivity index (χ0) is 10.6. The monoisotopic (exact) mass is 188 g/mol. The van der Waals surface area contributed by atoms with Crippen molar-refractivity contribution in [2.24, 2.45) is 11.3 Å². The molecule has 0 aliphatic rings. The van der Waals surface area contributed by atoms with E-state index in [1.165, 1.54) is 0 Å². The molecule has 0 aliphatic carbocycles. The van der Waals surface area contributed by atoms with E-state index in [0.717, 1.165) is 6.42 Å². The topological polar surface area (TPSA) is 57.5 Å². The van der Waals surface area contributed by atoms with E-state index < -0.39 is 17.5 Å². The van der Waals surface area contributed by atoms with Crippen LogP contribution >= 0.6 is 0 Å². The highest BCUT2D eigenvalue weighted by Crippen LogP contribution is 2.34. The molecule has 2 N–H and O–H groups in total. The maximum absolute atomic E-state index is 11.0. The summed E-state index contributed by atoms with van der Waals surface area (Å²) in [5.41, 5.74) is -0.803. The molecular formula is C10H20O3. The van der Waals surface area contributed by atoms with Crippen LogP contribution in [0.15, 0.2) is 0 Å². The number of hydrogen-bond donors (Lipinski definition) is 2. The minimum Gasteiger partial charge on any atom is -0.481 e. The highest BCUT2D eigenvalue weighted by Gasteiger charge is 2.40. The standard InChI is InChI=1S/C10H20O3/c1-5-6-10(4,9(12)13)7(2)8(3)11/h7-8,11H,5-6H2,1-4H3,(H,12,13). The Hall–Kier alpha value is -0.570. The van der Waals surface area contributed by atoms with Crippen molar-refractivity contribution in [1.29, 1.82) is 0 Å². The van der Waals surface area contributed by atoms with Crippen LogP contribution in [0.2, 0.25) is 0 Å². The van der Waals surface area contributed by atoms with Crippen LogP contribution in [-0.2, 0) is 4.79 Å². The Labute approximate surface area is 79.8 Å². The molecule has 0 spiro atoms. The van der Waals surface area contributed by atoms with Crippen molar-refractivity contribution in [2.75, 3.05) is 0 Å². The number of aliphatic hydroxyl groups is 1. The fraction of sp³-hybridized carbons (Fsp3) is 0.900. The van der Waals surface area contributed by atoms with E-state index in [0.29, 0.717) is 6.42 Å². The molecule has 0 rings (SSSR count). The smallest absolute Gasteiger partial charge is 0.309 e. The van der Waals surface area contributed by atoms with E-state index in [4.69, 9.17) is 5.11 Å². The number of rotatable bonds is 5. The predicted molar refractivity (Wildman–Crippen MR) is 51.5 cm³/mol. The summed E-state index contributed by atoms with van der Waals surface area (Å²) >= 11 is 0. The van der Waals surface area contributed by atoms with E-state index in [9.17, 15) is 9.90 Å². The molecule has 0 radical (unpaired) electrons. The maximum Gasteiger partial charge on any atom is 0.309 e. The van der Waals surface area contributed by atoms with Crippen molar-refractivity contribution in [3.05, 3.63) is 0 Å². The van der Waals surface area contributed by atoms with Crippen molar-refractivity contribution < 1.29 is 15.0 Å². The summed E-state index contributed by atoms with van der Waals surface area (Å²) in [7, 11) is 0. The first-order chi connectivity index (χ1) is 5.86. The van der Waals surface area contributed by atoms with Crippen LogP contribution in [-0.4, -0.2) is 22.3 Å². The normalized spacial score (nSPS) is 20.4. The summed E-state index contributed by atoms with van der Waals surface area (Å²) in [6.07, 6.45) is 0.849. The Kier molecular flexibility index (Phi) is 4.40. The molecular weight excluding hydrogens is 168 g/mol. The van der Waals surface area contributed by atoms with Gasteiger partial charge in [-0.15, -0.1) is 0 Å². The molecule has 0 bridgehead atoms. The van der Waals surface area contributed by atoms with Crippen molar-refractivity contribution in [3.63, 3.8) is 0 Å². The quantitative estimate of drug-likeness (QED) is 0.692. The number of hydrogen-bond acceptors (Lipinski definition) is 2. The number of aliphatic hydroxyl groups excluding tert-OH is 1. The molecule has 0 heterocycles. The molecule has 0 aliphatic heterocycles. The molecule has 0 fully saturated rings. The van der Waals surface area contributed by atoms with Crippen LogP contribution < -0.4 is 0 Å². The van der Waals surface area contributed by atoms with Crippen LogP contribution in [0.4, 0.5) is 0 Å². The second-order valence-corrected chi connectivity index (χ2v) is 4.00. The van der Waals surface area contributed by atoms with Crippen LogP contribution in [0.1, 0.15) is 40.5 Å². The summed E-state index contributed by atoms with van der Waals surface area (Å²) in [4.78, 5) is 11.0. The first-order valence-corrected chi connectivity index (χ1v) is 4.77. The summed E-state index contributed by atoms with van der Waals surface area (Å²) in [6, 6.07) is 0. The zero-order valence-electron chi connectivity index (χ0n) is 8.87. The molecule has 3 heteroatoms. The number of carbonyl (C=O) groups is 1. The second kappa shape index (κ2) is 4.61. The molecule has 0 saturated carbocycles. The molecule has 3 atom stereocenters. The third-order valence-corrected chi connectivity index (χ3v) is 2.99. The Morgan fingerprint density at radius 3 is 2.15 bits per heavy atom. The summed E-state index contributed by atoms with van der Waals surface area (Å²) in [6.45, 7) is 7.09. The molecule has 0 aromatic heterocycles. The fourth-order valence-electron chi connectivity index (χ4n) is 1.58. The predicted octanol–water partition coefficient (Wildman–Crippen LogP) is 1.89. The van der Waals surface area contributed by atoms with Gasteiger partial charge in [-0.2, -0.15) is 0 Å². The Balaban J connectivity index is 4.67. The zero-order valence-corrected chi connectivity index (χ0v) is 8.87. The van der Waals surface area contributed by atoms with Crippen LogP contribution in [0, 0.1) is 11.3 Å². The number of carboxylic acids is 1. The van der Waals surface area contributed by atoms with Gasteiger partial charge in [0.25, 0.3) is 0 Å². The molecule has 78 valence electrons. The lowest BCUT2D eigenvalue weighted by molar-refractivity contribution is -0.154. The van der Waals surface area contributed by atoms with Crippen molar-refractivity contribution in [1.82, 2.24) is 0 Å². The highest BCUT2D eigenvalue weighted by molar-refractivity contribution is 5.74. The van der Waals surface area contributed by atoms with E-state index in [1.54, 1.807) is 20.8 Å². The molecule has 13 heavy (non-hydrogen) atoms. The first kappa shape index (κ1) is 12.4. The summed E-state index contributed by atoms with van der Waals surface area (Å²) < 4.78 is 0. The van der Waals surface area contributed by atoms with Gasteiger partial charge < -0.3 is 10.2 Å². The van der Waals surface area contributed by atoms with Crippen LogP contribution in [0.5, 0.6) is 0 Å². The van der Waals surface area contributed by atoms with Gasteiger partial charge in [0.15, 0.2) is 0 Å². The van der Waals surface area contributed by atoms with Gasteiger partial charge in [-0.1, -0.05) is 20.3 Å². The summed E-state index contributed by atoms with van der Waals surface area (Å²) in [5, 5.41) is 18.4. The van der Waals surface area contributed by atoms with E-state index in [-0.39, 0.29) is 5.92 Å². The fourth-order valence-corrected chi connectivity index (χ4v) is 1.58. The highest BCUT2D eigenvalue weighted by atomic mass is 16.4. The van der Waals surface area contributed by atoms with Gasteiger partial charge >= 0.3 is 5.97 Å². The molecule has 3 unspecified atom stereocenters. The van der Waals surface area contributed by atoms with Crippen molar-refractivity contribution in [2.45, 2.75) is 46.6 Å². The first-order valence-electron chi connectivity index (χ1n) is 4.77. The Morgan fingerprint density at radius 1 is 1.46 bits per heavy atom. The van der Waals surface area contributed by atoms with Crippen LogP contribution in [0.25, 0.3) is 0 Å². The second-order valence-electron chi connectivity index (χ2n) is 4.00. The molecule has 0 saturated heterocycles. The Bertz CT molecular complexity index is 177. The molecule has 0 aromatic carbocycles. The number of carboxylic acid groups (broad SMARTS) is 1. The lowest BCUT2D eigenvalue weighted by Gasteiger charge is -2.33. The van der Waals surface area contributed by atoms with Crippen LogP contribution in [0.3, 0.4) is 0 Å². The van der Waals surface area contributed by atoms with Gasteiger partial charge in [0, 0.05) is 0 Å². The van der Waals surface area contributed by atoms with Gasteiger partial charge in [0.05, 0.1) is 11.5 Å². The van der Waals surface area contributed by atoms with Gasteiger partial charge in [0.2, 0.25) is 0 Å². The summed E-state index contributed by atoms with van der Waals surface area (Å²) in [5.74, 6) is -1.03. The van der Waals surface area contributed by atoms with Gasteiger partial charge in [-0.25, -0.2) is 0 Å². The van der Waals surface area contributed by atoms with Crippen molar-refractivity contribution in [3.8, 4) is 0 Å². The maximum atomic E-state index is 11.0. The van der Waals surface area contributed by atoms with E-state index in [2.05, 4.69) is 0 Å². The molecule has 0 aromatic rings. The van der Waals surface area contributed by atoms with Gasteiger partial charge in [0.1, 0.15) is 0 Å². The number of aliphatic carboxylic acids is 1. The third kappa shape index (κ3) is 2.69. The SMILES string of the molecule is CCCC(C)(C(=O)O)C(C)C(C)O.